The molecule has 0 atom stereocenters. The Morgan fingerprint density at radius 3 is 1.00 bits per heavy atom. The fraction of sp³-hybridized carbons (Fsp3) is 0.143. The van der Waals surface area contributed by atoms with Crippen LogP contribution in [0.2, 0.25) is 0 Å². The Bertz CT molecular complexity index is 1110. The van der Waals surface area contributed by atoms with Crippen LogP contribution in [0.15, 0.2) is 97.1 Å². The summed E-state index contributed by atoms with van der Waals surface area (Å²) < 4.78 is 12.7. The first kappa shape index (κ1) is 20.3. The van der Waals surface area contributed by atoms with Crippen LogP contribution in [0.5, 0.6) is 11.5 Å². The lowest BCUT2D eigenvalue weighted by molar-refractivity contribution is 0.0167. The summed E-state index contributed by atoms with van der Waals surface area (Å²) in [6.45, 7) is 0. The summed E-state index contributed by atoms with van der Waals surface area (Å²) in [5.41, 5.74) is 3.88. The van der Waals surface area contributed by atoms with Gasteiger partial charge < -0.3 is 19.7 Å². The van der Waals surface area contributed by atoms with Gasteiger partial charge in [0.2, 0.25) is 0 Å². The molecule has 2 N–H and O–H groups in total. The van der Waals surface area contributed by atoms with E-state index in [2.05, 4.69) is 24.3 Å². The molecule has 0 heterocycles. The smallest absolute Gasteiger partial charge is 0.144 e. The second kappa shape index (κ2) is 7.52. The fourth-order valence-corrected chi connectivity index (χ4v) is 5.17. The number of fused-ring (bicyclic) bond motifs is 2. The molecule has 4 aromatic rings. The molecule has 1 aliphatic rings. The summed E-state index contributed by atoms with van der Waals surface area (Å²) in [5.74, 6) is 0.403. The number of rotatable bonds is 4. The van der Waals surface area contributed by atoms with Gasteiger partial charge in [-0.25, -0.2) is 0 Å². The summed E-state index contributed by atoms with van der Waals surface area (Å²) in [6.07, 6.45) is 0. The van der Waals surface area contributed by atoms with Gasteiger partial charge in [-0.05, 0) is 57.6 Å². The molecule has 1 aliphatic carbocycles. The summed E-state index contributed by atoms with van der Waals surface area (Å²) in [5, 5.41) is 19.8. The van der Waals surface area contributed by atoms with Crippen LogP contribution in [0.4, 0.5) is 0 Å². The fourth-order valence-electron chi connectivity index (χ4n) is 5.17. The SMILES string of the molecule is COC1(c2ccc(O)cc2)c2ccccc2C(OC)(c2ccc(O)cc2)c2ccccc21. The molecule has 0 aromatic heterocycles. The zero-order valence-electron chi connectivity index (χ0n) is 17.9. The van der Waals surface area contributed by atoms with Gasteiger partial charge >= 0.3 is 0 Å². The minimum Gasteiger partial charge on any atom is -0.508 e. The van der Waals surface area contributed by atoms with Gasteiger partial charge in [-0.15, -0.1) is 0 Å². The third-order valence-electron chi connectivity index (χ3n) is 6.53. The normalized spacial score (nSPS) is 21.6. The summed E-state index contributed by atoms with van der Waals surface area (Å²) in [4.78, 5) is 0. The van der Waals surface area contributed by atoms with Crippen molar-refractivity contribution < 1.29 is 19.7 Å². The molecular formula is C28H24O4. The zero-order valence-corrected chi connectivity index (χ0v) is 17.9. The zero-order chi connectivity index (χ0) is 22.3. The Balaban J connectivity index is 1.92. The van der Waals surface area contributed by atoms with E-state index in [1.165, 1.54) is 0 Å². The summed E-state index contributed by atoms with van der Waals surface area (Å²) in [7, 11) is 3.42. The highest BCUT2D eigenvalue weighted by Gasteiger charge is 2.52. The van der Waals surface area contributed by atoms with Crippen LogP contribution in [0.1, 0.15) is 33.4 Å². The third kappa shape index (κ3) is 2.63. The molecule has 5 rings (SSSR count). The van der Waals surface area contributed by atoms with E-state index in [1.54, 1.807) is 38.5 Å². The molecule has 0 aliphatic heterocycles. The number of phenols is 2. The van der Waals surface area contributed by atoms with Crippen LogP contribution in [0.25, 0.3) is 0 Å². The molecule has 0 unspecified atom stereocenters. The van der Waals surface area contributed by atoms with Crippen molar-refractivity contribution in [2.75, 3.05) is 14.2 Å². The monoisotopic (exact) mass is 424 g/mol. The Morgan fingerprint density at radius 2 is 0.750 bits per heavy atom. The van der Waals surface area contributed by atoms with E-state index in [-0.39, 0.29) is 11.5 Å². The van der Waals surface area contributed by atoms with Crippen molar-refractivity contribution in [1.82, 2.24) is 0 Å². The van der Waals surface area contributed by atoms with Crippen LogP contribution in [-0.2, 0) is 20.7 Å². The van der Waals surface area contributed by atoms with Crippen molar-refractivity contribution in [3.63, 3.8) is 0 Å². The average molecular weight is 424 g/mol. The van der Waals surface area contributed by atoms with Crippen molar-refractivity contribution in [2.24, 2.45) is 0 Å². The highest BCUT2D eigenvalue weighted by Crippen LogP contribution is 2.55. The van der Waals surface area contributed by atoms with Gasteiger partial charge in [0.15, 0.2) is 0 Å². The van der Waals surface area contributed by atoms with Crippen LogP contribution >= 0.6 is 0 Å². The first-order valence-corrected chi connectivity index (χ1v) is 10.5. The molecule has 160 valence electrons. The van der Waals surface area contributed by atoms with E-state index in [0.29, 0.717) is 0 Å². The summed E-state index contributed by atoms with van der Waals surface area (Å²) in [6, 6.07) is 30.6. The van der Waals surface area contributed by atoms with E-state index in [4.69, 9.17) is 9.47 Å². The standard InChI is InChI=1S/C28H24O4/c1-31-27(19-11-15-21(29)16-12-19)23-7-3-5-9-25(23)28(32-2,20-13-17-22(30)18-14-20)26-10-6-4-8-24(26)27/h3-18,29-30H,1-2H3. The van der Waals surface area contributed by atoms with E-state index >= 15 is 0 Å². The highest BCUT2D eigenvalue weighted by atomic mass is 16.5. The Kier molecular flexibility index (Phi) is 4.77. The first-order valence-electron chi connectivity index (χ1n) is 10.5. The van der Waals surface area contributed by atoms with Crippen molar-refractivity contribution in [2.45, 2.75) is 11.2 Å². The molecular weight excluding hydrogens is 400 g/mol. The molecule has 4 aromatic carbocycles. The summed E-state index contributed by atoms with van der Waals surface area (Å²) >= 11 is 0. The van der Waals surface area contributed by atoms with Gasteiger partial charge in [0.25, 0.3) is 0 Å². The van der Waals surface area contributed by atoms with Crippen LogP contribution in [-0.4, -0.2) is 24.4 Å². The second-order valence-electron chi connectivity index (χ2n) is 7.96. The molecule has 32 heavy (non-hydrogen) atoms. The number of benzene rings is 4. The number of hydrogen-bond donors (Lipinski definition) is 2. The number of aromatic hydroxyl groups is 2. The number of ether oxygens (including phenoxy) is 2. The van der Waals surface area contributed by atoms with Crippen LogP contribution < -0.4 is 0 Å². The van der Waals surface area contributed by atoms with E-state index in [0.717, 1.165) is 33.4 Å². The maximum absolute atomic E-state index is 9.91. The quantitative estimate of drug-likeness (QED) is 0.468. The van der Waals surface area contributed by atoms with Crippen LogP contribution in [0.3, 0.4) is 0 Å². The maximum Gasteiger partial charge on any atom is 0.144 e. The van der Waals surface area contributed by atoms with E-state index in [9.17, 15) is 10.2 Å². The molecule has 4 nitrogen and oxygen atoms in total. The van der Waals surface area contributed by atoms with Gasteiger partial charge in [-0.1, -0.05) is 72.8 Å². The topological polar surface area (TPSA) is 58.9 Å². The molecule has 0 saturated carbocycles. The maximum atomic E-state index is 9.91. The number of phenolic OH excluding ortho intramolecular Hbond substituents is 2. The van der Waals surface area contributed by atoms with Crippen molar-refractivity contribution in [3.05, 3.63) is 130 Å². The minimum atomic E-state index is -0.889. The van der Waals surface area contributed by atoms with Gasteiger partial charge in [-0.2, -0.15) is 0 Å². The molecule has 4 heteroatoms. The van der Waals surface area contributed by atoms with Gasteiger partial charge in [0.1, 0.15) is 22.7 Å². The predicted molar refractivity (Wildman–Crippen MR) is 123 cm³/mol. The van der Waals surface area contributed by atoms with E-state index in [1.807, 2.05) is 48.5 Å². The molecule has 0 bridgehead atoms. The number of methoxy groups -OCH3 is 2. The lowest BCUT2D eigenvalue weighted by atomic mass is 9.63. The van der Waals surface area contributed by atoms with E-state index < -0.39 is 11.2 Å². The van der Waals surface area contributed by atoms with Gasteiger partial charge in [0, 0.05) is 14.2 Å². The minimum absolute atomic E-state index is 0.202. The molecule has 0 saturated heterocycles. The predicted octanol–water partition coefficient (Wildman–Crippen LogP) is 5.29. The third-order valence-corrected chi connectivity index (χ3v) is 6.53. The molecule has 0 spiro atoms. The largest absolute Gasteiger partial charge is 0.508 e. The van der Waals surface area contributed by atoms with Crippen molar-refractivity contribution in [1.29, 1.82) is 0 Å². The number of hydrogen-bond acceptors (Lipinski definition) is 4. The Labute approximate surface area is 187 Å². The van der Waals surface area contributed by atoms with Crippen molar-refractivity contribution in [3.8, 4) is 11.5 Å². The average Bonchev–Trinajstić information content (AvgIpc) is 2.84. The molecule has 0 amide bonds. The lowest BCUT2D eigenvalue weighted by Gasteiger charge is -2.48. The Morgan fingerprint density at radius 1 is 0.469 bits per heavy atom. The molecule has 0 fully saturated rings. The first-order chi connectivity index (χ1) is 15.6. The molecule has 0 radical (unpaired) electrons. The van der Waals surface area contributed by atoms with Crippen molar-refractivity contribution >= 4 is 0 Å². The second-order valence-corrected chi connectivity index (χ2v) is 7.96. The lowest BCUT2D eigenvalue weighted by Crippen LogP contribution is -2.46. The Hall–Kier alpha value is -3.60. The van der Waals surface area contributed by atoms with Crippen LogP contribution in [0, 0.1) is 0 Å². The van der Waals surface area contributed by atoms with Gasteiger partial charge in [0.05, 0.1) is 0 Å². The highest BCUT2D eigenvalue weighted by molar-refractivity contribution is 5.65. The van der Waals surface area contributed by atoms with Gasteiger partial charge in [-0.3, -0.25) is 0 Å².